The largest absolute Gasteiger partial charge is 0.479 e. The number of ether oxygens (including phenoxy) is 1. The molecule has 0 aliphatic rings. The fourth-order valence-corrected chi connectivity index (χ4v) is 2.18. The Morgan fingerprint density at radius 2 is 1.93 bits per heavy atom. The van der Waals surface area contributed by atoms with Gasteiger partial charge in [-0.15, -0.1) is 11.6 Å². The van der Waals surface area contributed by atoms with Crippen LogP contribution in [-0.4, -0.2) is 11.0 Å². The zero-order valence-corrected chi connectivity index (χ0v) is 10.9. The first-order valence-electron chi connectivity index (χ1n) is 4.69. The summed E-state index contributed by atoms with van der Waals surface area (Å²) in [5.41, 5.74) is 2.37. The van der Waals surface area contributed by atoms with E-state index in [-0.39, 0.29) is 0 Å². The summed E-state index contributed by atoms with van der Waals surface area (Å²) in [4.78, 5) is 0. The molecule has 0 bridgehead atoms. The third-order valence-electron chi connectivity index (χ3n) is 1.80. The van der Waals surface area contributed by atoms with Gasteiger partial charge in [0.15, 0.2) is 0 Å². The van der Waals surface area contributed by atoms with Gasteiger partial charge >= 0.3 is 0 Å². The van der Waals surface area contributed by atoms with Crippen LogP contribution in [0.1, 0.15) is 18.1 Å². The topological polar surface area (TPSA) is 9.23 Å². The van der Waals surface area contributed by atoms with Crippen LogP contribution in [0.2, 0.25) is 0 Å². The lowest BCUT2D eigenvalue weighted by Gasteiger charge is -2.04. The van der Waals surface area contributed by atoms with Crippen LogP contribution in [0.15, 0.2) is 24.3 Å². The van der Waals surface area contributed by atoms with Crippen molar-refractivity contribution in [3.05, 3.63) is 35.4 Å². The summed E-state index contributed by atoms with van der Waals surface area (Å²) in [6.07, 6.45) is 0. The Morgan fingerprint density at radius 3 is 2.47 bits per heavy atom. The van der Waals surface area contributed by atoms with Crippen LogP contribution in [0.5, 0.6) is 0 Å². The number of benzene rings is 1. The van der Waals surface area contributed by atoms with Gasteiger partial charge in [0, 0.05) is 11.6 Å². The maximum atomic E-state index is 5.70. The number of thioether (sulfide) groups is 1. The quantitative estimate of drug-likeness (QED) is 0.599. The van der Waals surface area contributed by atoms with Crippen molar-refractivity contribution in [2.24, 2.45) is 0 Å². The lowest BCUT2D eigenvalue weighted by atomic mass is 10.2. The molecule has 1 aromatic rings. The van der Waals surface area contributed by atoms with E-state index in [9.17, 15) is 0 Å². The van der Waals surface area contributed by atoms with Crippen molar-refractivity contribution < 1.29 is 4.74 Å². The highest BCUT2D eigenvalue weighted by Gasteiger charge is 1.99. The van der Waals surface area contributed by atoms with Crippen molar-refractivity contribution in [3.63, 3.8) is 0 Å². The molecule has 0 saturated heterocycles. The molecule has 82 valence electrons. The van der Waals surface area contributed by atoms with Crippen LogP contribution in [-0.2, 0) is 16.4 Å². The Labute approximate surface area is 105 Å². The molecule has 0 unspecified atom stereocenters. The van der Waals surface area contributed by atoms with E-state index in [4.69, 9.17) is 28.6 Å². The van der Waals surface area contributed by atoms with Crippen LogP contribution in [0, 0.1) is 0 Å². The standard InChI is InChI=1S/C11H13ClOS2/c1-2-13-11(14)15-8-10-5-3-9(7-12)4-6-10/h3-6H,2,7-8H2,1H3. The van der Waals surface area contributed by atoms with Crippen LogP contribution < -0.4 is 0 Å². The molecule has 15 heavy (non-hydrogen) atoms. The van der Waals surface area contributed by atoms with Crippen molar-refractivity contribution in [1.29, 1.82) is 0 Å². The Bertz CT molecular complexity index is 311. The SMILES string of the molecule is CCOC(=S)SCc1ccc(CCl)cc1. The molecule has 0 saturated carbocycles. The molecule has 4 heteroatoms. The minimum absolute atomic E-state index is 0.560. The molecule has 0 atom stereocenters. The lowest BCUT2D eigenvalue weighted by Crippen LogP contribution is -1.96. The second kappa shape index (κ2) is 7.09. The van der Waals surface area contributed by atoms with Gasteiger partial charge in [-0.2, -0.15) is 0 Å². The fourth-order valence-electron chi connectivity index (χ4n) is 1.03. The number of rotatable bonds is 4. The molecule has 0 amide bonds. The van der Waals surface area contributed by atoms with E-state index >= 15 is 0 Å². The maximum Gasteiger partial charge on any atom is 0.220 e. The lowest BCUT2D eigenvalue weighted by molar-refractivity contribution is 0.346. The van der Waals surface area contributed by atoms with Gasteiger partial charge in [-0.05, 0) is 30.3 Å². The van der Waals surface area contributed by atoms with E-state index in [1.54, 1.807) is 11.8 Å². The van der Waals surface area contributed by atoms with E-state index in [1.165, 1.54) is 5.56 Å². The highest BCUT2D eigenvalue weighted by molar-refractivity contribution is 8.22. The third-order valence-corrected chi connectivity index (χ3v) is 3.41. The number of halogens is 1. The smallest absolute Gasteiger partial charge is 0.220 e. The van der Waals surface area contributed by atoms with E-state index in [0.717, 1.165) is 11.3 Å². The molecule has 0 N–H and O–H groups in total. The molecule has 0 radical (unpaired) electrons. The second-order valence-electron chi connectivity index (χ2n) is 2.92. The van der Waals surface area contributed by atoms with E-state index < -0.39 is 0 Å². The first-order valence-corrected chi connectivity index (χ1v) is 6.62. The summed E-state index contributed by atoms with van der Waals surface area (Å²) < 4.78 is 5.79. The Hall–Kier alpha value is -0.250. The van der Waals surface area contributed by atoms with Crippen LogP contribution in [0.4, 0.5) is 0 Å². The second-order valence-corrected chi connectivity index (χ2v) is 4.77. The maximum absolute atomic E-state index is 5.70. The van der Waals surface area contributed by atoms with Crippen molar-refractivity contribution in [3.8, 4) is 0 Å². The molecule has 0 aliphatic carbocycles. The van der Waals surface area contributed by atoms with Gasteiger partial charge in [-0.25, -0.2) is 0 Å². The van der Waals surface area contributed by atoms with Gasteiger partial charge in [-0.1, -0.05) is 36.0 Å². The van der Waals surface area contributed by atoms with Crippen molar-refractivity contribution in [2.75, 3.05) is 6.61 Å². The van der Waals surface area contributed by atoms with Crippen LogP contribution >= 0.6 is 35.6 Å². The molecule has 1 rings (SSSR count). The summed E-state index contributed by atoms with van der Waals surface area (Å²) in [5, 5.41) is 0. The predicted octanol–water partition coefficient (Wildman–Crippen LogP) is 3.98. The van der Waals surface area contributed by atoms with Gasteiger partial charge in [0.1, 0.15) is 0 Å². The fraction of sp³-hybridized carbons (Fsp3) is 0.364. The minimum Gasteiger partial charge on any atom is -0.479 e. The number of hydrogen-bond acceptors (Lipinski definition) is 3. The Kier molecular flexibility index (Phi) is 6.06. The summed E-state index contributed by atoms with van der Waals surface area (Å²) >= 11 is 12.3. The highest BCUT2D eigenvalue weighted by atomic mass is 35.5. The van der Waals surface area contributed by atoms with Crippen LogP contribution in [0.3, 0.4) is 0 Å². The summed E-state index contributed by atoms with van der Waals surface area (Å²) in [5.74, 6) is 1.41. The molecular weight excluding hydrogens is 248 g/mol. The minimum atomic E-state index is 0.560. The number of thiocarbonyl (C=S) groups is 1. The molecule has 1 aromatic carbocycles. The molecule has 0 spiro atoms. The third kappa shape index (κ3) is 4.87. The average molecular weight is 261 g/mol. The Morgan fingerprint density at radius 1 is 1.33 bits per heavy atom. The van der Waals surface area contributed by atoms with E-state index in [2.05, 4.69) is 12.1 Å². The van der Waals surface area contributed by atoms with Gasteiger partial charge in [-0.3, -0.25) is 0 Å². The van der Waals surface area contributed by atoms with Gasteiger partial charge < -0.3 is 4.74 Å². The van der Waals surface area contributed by atoms with Crippen molar-refractivity contribution in [1.82, 2.24) is 0 Å². The van der Waals surface area contributed by atoms with Gasteiger partial charge in [0.2, 0.25) is 4.38 Å². The van der Waals surface area contributed by atoms with Crippen molar-refractivity contribution in [2.45, 2.75) is 18.6 Å². The molecule has 0 aliphatic heterocycles. The molecule has 0 heterocycles. The first-order chi connectivity index (χ1) is 7.26. The normalized spacial score (nSPS) is 10.0. The highest BCUT2D eigenvalue weighted by Crippen LogP contribution is 2.16. The molecule has 1 nitrogen and oxygen atoms in total. The van der Waals surface area contributed by atoms with Crippen molar-refractivity contribution >= 4 is 40.0 Å². The predicted molar refractivity (Wildman–Crippen MR) is 71.5 cm³/mol. The van der Waals surface area contributed by atoms with E-state index in [1.807, 2.05) is 19.1 Å². The van der Waals surface area contributed by atoms with Gasteiger partial charge in [0.05, 0.1) is 6.61 Å². The summed E-state index contributed by atoms with van der Waals surface area (Å²) in [7, 11) is 0. The molecular formula is C11H13ClOS2. The molecule has 0 fully saturated rings. The van der Waals surface area contributed by atoms with E-state index in [0.29, 0.717) is 16.9 Å². The number of alkyl halides is 1. The molecule has 0 aromatic heterocycles. The van der Waals surface area contributed by atoms with Gasteiger partial charge in [0.25, 0.3) is 0 Å². The summed E-state index contributed by atoms with van der Waals surface area (Å²) in [6.45, 7) is 2.57. The monoisotopic (exact) mass is 260 g/mol. The zero-order chi connectivity index (χ0) is 11.1. The average Bonchev–Trinajstić information content (AvgIpc) is 2.27. The summed E-state index contributed by atoms with van der Waals surface area (Å²) in [6, 6.07) is 8.21. The van der Waals surface area contributed by atoms with Crippen LogP contribution in [0.25, 0.3) is 0 Å². The zero-order valence-electron chi connectivity index (χ0n) is 8.53. The Balaban J connectivity index is 2.40. The first kappa shape index (κ1) is 12.8. The number of hydrogen-bond donors (Lipinski definition) is 0.